The molecule has 0 aromatic heterocycles. The Labute approximate surface area is 118 Å². The van der Waals surface area contributed by atoms with Crippen molar-refractivity contribution in [2.24, 2.45) is 0 Å². The number of hydroxylamine groups is 2. The zero-order valence-corrected chi connectivity index (χ0v) is 10.7. The molecule has 0 bridgehead atoms. The van der Waals surface area contributed by atoms with Gasteiger partial charge in [0.1, 0.15) is 19.1 Å². The zero-order chi connectivity index (χ0) is 15.6. The smallest absolute Gasteiger partial charge is 0.372 e. The third-order valence-electron chi connectivity index (χ3n) is 3.06. The molecule has 21 heavy (non-hydrogen) atoms. The van der Waals surface area contributed by atoms with E-state index in [1.165, 1.54) is 0 Å². The number of nitriles is 1. The fourth-order valence-electron chi connectivity index (χ4n) is 2.07. The summed E-state index contributed by atoms with van der Waals surface area (Å²) >= 11 is 0. The number of aliphatic carboxylic acids is 1. The van der Waals surface area contributed by atoms with Crippen molar-refractivity contribution >= 4 is 23.8 Å². The average molecular weight is 297 g/mol. The molecule has 2 heterocycles. The highest BCUT2D eigenvalue weighted by atomic mass is 16.7. The van der Waals surface area contributed by atoms with Gasteiger partial charge in [-0.15, -0.1) is 0 Å². The second-order valence-corrected chi connectivity index (χ2v) is 4.45. The first-order chi connectivity index (χ1) is 9.90. The summed E-state index contributed by atoms with van der Waals surface area (Å²) in [6.07, 6.45) is -0.848. The molecule has 10 nitrogen and oxygen atoms in total. The highest BCUT2D eigenvalue weighted by Gasteiger charge is 2.59. The molecule has 0 saturated carbocycles. The number of cyclic esters (lactones) is 1. The largest absolute Gasteiger partial charge is 0.477 e. The predicted molar refractivity (Wildman–Crippen MR) is 60.7 cm³/mol. The Balaban J connectivity index is 2.13. The zero-order valence-electron chi connectivity index (χ0n) is 10.7. The summed E-state index contributed by atoms with van der Waals surface area (Å²) in [6.45, 7) is -0.303. The number of carbonyl (C=O) groups is 4. The van der Waals surface area contributed by atoms with Gasteiger partial charge in [0, 0.05) is 6.42 Å². The third kappa shape index (κ3) is 2.50. The van der Waals surface area contributed by atoms with Gasteiger partial charge in [-0.05, 0) is 0 Å². The SMILES string of the molecule is N#CCC(=O)N[C@H]1CON(C2(C(=O)O)CCC(=O)O2)C1=O. The van der Waals surface area contributed by atoms with Crippen LogP contribution in [0.25, 0.3) is 0 Å². The van der Waals surface area contributed by atoms with E-state index >= 15 is 0 Å². The summed E-state index contributed by atoms with van der Waals surface area (Å²) in [5.41, 5.74) is -2.21. The van der Waals surface area contributed by atoms with Crippen molar-refractivity contribution in [3.05, 3.63) is 0 Å². The molecule has 0 radical (unpaired) electrons. The van der Waals surface area contributed by atoms with Crippen LogP contribution in [0.15, 0.2) is 0 Å². The Hall–Kier alpha value is -2.67. The van der Waals surface area contributed by atoms with E-state index in [0.29, 0.717) is 5.06 Å². The fourth-order valence-corrected chi connectivity index (χ4v) is 2.07. The van der Waals surface area contributed by atoms with Crippen LogP contribution < -0.4 is 5.32 Å². The van der Waals surface area contributed by atoms with Gasteiger partial charge in [-0.3, -0.25) is 19.2 Å². The number of carboxylic acid groups (broad SMARTS) is 1. The van der Waals surface area contributed by atoms with Crippen LogP contribution in [0.5, 0.6) is 0 Å². The number of nitrogens with one attached hydrogen (secondary N) is 1. The van der Waals surface area contributed by atoms with Gasteiger partial charge in [0.15, 0.2) is 0 Å². The van der Waals surface area contributed by atoms with Crippen LogP contribution in [0.3, 0.4) is 0 Å². The minimum atomic E-state index is -2.21. The molecule has 112 valence electrons. The van der Waals surface area contributed by atoms with E-state index in [0.717, 1.165) is 0 Å². The molecular weight excluding hydrogens is 286 g/mol. The van der Waals surface area contributed by atoms with E-state index in [2.05, 4.69) is 5.32 Å². The van der Waals surface area contributed by atoms with Crippen LogP contribution in [-0.4, -0.2) is 52.3 Å². The first kappa shape index (κ1) is 14.7. The molecular formula is C11H11N3O7. The molecule has 2 saturated heterocycles. The highest BCUT2D eigenvalue weighted by Crippen LogP contribution is 2.33. The van der Waals surface area contributed by atoms with Gasteiger partial charge in [0.25, 0.3) is 5.91 Å². The van der Waals surface area contributed by atoms with Crippen molar-refractivity contribution in [1.82, 2.24) is 10.4 Å². The standard InChI is InChI=1S/C11H11N3O7/c12-4-2-7(15)13-6-5-20-14(9(6)17)11(10(18)19)3-1-8(16)21-11/h6H,1-3,5H2,(H,13,15)(H,18,19)/t6-,11?/m0/s1. The van der Waals surface area contributed by atoms with Crippen LogP contribution in [0, 0.1) is 11.3 Å². The lowest BCUT2D eigenvalue weighted by Crippen LogP contribution is -2.56. The summed E-state index contributed by atoms with van der Waals surface area (Å²) in [5.74, 6) is -3.83. The van der Waals surface area contributed by atoms with Crippen LogP contribution >= 0.6 is 0 Å². The fraction of sp³-hybridized carbons (Fsp3) is 0.545. The van der Waals surface area contributed by atoms with E-state index in [1.54, 1.807) is 6.07 Å². The predicted octanol–water partition coefficient (Wildman–Crippen LogP) is -1.72. The molecule has 2 N–H and O–H groups in total. The Morgan fingerprint density at radius 1 is 1.52 bits per heavy atom. The summed E-state index contributed by atoms with van der Waals surface area (Å²) in [6, 6.07) is 0.489. The molecule has 10 heteroatoms. The van der Waals surface area contributed by atoms with Crippen LogP contribution in [-0.2, 0) is 28.8 Å². The van der Waals surface area contributed by atoms with Gasteiger partial charge < -0.3 is 15.2 Å². The number of amides is 2. The molecule has 2 amide bonds. The van der Waals surface area contributed by atoms with Crippen molar-refractivity contribution in [3.8, 4) is 6.07 Å². The summed E-state index contributed by atoms with van der Waals surface area (Å²) in [4.78, 5) is 50.9. The van der Waals surface area contributed by atoms with Crippen molar-refractivity contribution in [3.63, 3.8) is 0 Å². The molecule has 2 aliphatic rings. The number of ether oxygens (including phenoxy) is 1. The van der Waals surface area contributed by atoms with Gasteiger partial charge in [-0.2, -0.15) is 10.3 Å². The minimum absolute atomic E-state index is 0.162. The highest BCUT2D eigenvalue weighted by molar-refractivity contribution is 5.94. The molecule has 2 rings (SSSR count). The van der Waals surface area contributed by atoms with E-state index in [-0.39, 0.29) is 19.4 Å². The number of carbonyl (C=O) groups excluding carboxylic acids is 3. The molecule has 0 aromatic carbocycles. The number of esters is 1. The number of rotatable bonds is 4. The summed E-state index contributed by atoms with van der Waals surface area (Å²) in [7, 11) is 0. The van der Waals surface area contributed by atoms with Crippen LogP contribution in [0.4, 0.5) is 0 Å². The molecule has 2 fully saturated rings. The van der Waals surface area contributed by atoms with Crippen molar-refractivity contribution < 1.29 is 33.9 Å². The minimum Gasteiger partial charge on any atom is -0.477 e. The van der Waals surface area contributed by atoms with Gasteiger partial charge in [0.2, 0.25) is 5.91 Å². The quantitative estimate of drug-likeness (QED) is 0.582. The van der Waals surface area contributed by atoms with Crippen LogP contribution in [0.2, 0.25) is 0 Å². The first-order valence-electron chi connectivity index (χ1n) is 5.99. The van der Waals surface area contributed by atoms with E-state index < -0.39 is 41.9 Å². The van der Waals surface area contributed by atoms with Gasteiger partial charge in [0.05, 0.1) is 12.5 Å². The molecule has 2 atom stereocenters. The average Bonchev–Trinajstić information content (AvgIpc) is 2.96. The Bertz CT molecular complexity index is 555. The Kier molecular flexibility index (Phi) is 3.77. The Morgan fingerprint density at radius 3 is 2.76 bits per heavy atom. The van der Waals surface area contributed by atoms with Crippen molar-refractivity contribution in [2.45, 2.75) is 31.0 Å². The molecule has 2 aliphatic heterocycles. The van der Waals surface area contributed by atoms with Crippen LogP contribution in [0.1, 0.15) is 19.3 Å². The lowest BCUT2D eigenvalue weighted by atomic mass is 10.1. The Morgan fingerprint density at radius 2 is 2.24 bits per heavy atom. The van der Waals surface area contributed by atoms with E-state index in [1.807, 2.05) is 0 Å². The second-order valence-electron chi connectivity index (χ2n) is 4.45. The monoisotopic (exact) mass is 297 g/mol. The number of carboxylic acids is 1. The summed E-state index contributed by atoms with van der Waals surface area (Å²) in [5, 5.41) is 20.3. The number of nitrogens with zero attached hydrogens (tertiary/aromatic N) is 2. The van der Waals surface area contributed by atoms with Gasteiger partial charge in [-0.1, -0.05) is 0 Å². The maximum Gasteiger partial charge on any atom is 0.372 e. The van der Waals surface area contributed by atoms with Crippen molar-refractivity contribution in [2.75, 3.05) is 6.61 Å². The lowest BCUT2D eigenvalue weighted by Gasteiger charge is -2.30. The number of hydrogen-bond donors (Lipinski definition) is 2. The molecule has 0 aromatic rings. The molecule has 1 unspecified atom stereocenters. The molecule has 0 spiro atoms. The van der Waals surface area contributed by atoms with Gasteiger partial charge in [-0.25, -0.2) is 4.79 Å². The maximum absolute atomic E-state index is 12.1. The third-order valence-corrected chi connectivity index (χ3v) is 3.06. The topological polar surface area (TPSA) is 146 Å². The van der Waals surface area contributed by atoms with E-state index in [9.17, 15) is 24.3 Å². The molecule has 0 aliphatic carbocycles. The normalized spacial score (nSPS) is 28.1. The summed E-state index contributed by atoms with van der Waals surface area (Å²) < 4.78 is 4.74. The number of hydrogen-bond acceptors (Lipinski definition) is 7. The van der Waals surface area contributed by atoms with Gasteiger partial charge >= 0.3 is 17.7 Å². The lowest BCUT2D eigenvalue weighted by molar-refractivity contribution is -0.256. The first-order valence-corrected chi connectivity index (χ1v) is 5.99. The van der Waals surface area contributed by atoms with Crippen molar-refractivity contribution in [1.29, 1.82) is 5.26 Å². The second kappa shape index (κ2) is 5.37. The maximum atomic E-state index is 12.1. The van der Waals surface area contributed by atoms with E-state index in [4.69, 9.17) is 14.8 Å².